The summed E-state index contributed by atoms with van der Waals surface area (Å²) < 4.78 is 0. The number of hydrogen-bond donors (Lipinski definition) is 2. The molecule has 1 aromatic heterocycles. The number of carbonyl (C=O) groups excluding carboxylic acids is 1. The van der Waals surface area contributed by atoms with Gasteiger partial charge in [-0.25, -0.2) is 4.98 Å². The Morgan fingerprint density at radius 2 is 1.63 bits per heavy atom. The molecule has 6 nitrogen and oxygen atoms in total. The highest BCUT2D eigenvalue weighted by atomic mass is 16.1. The average molecular weight is 402 g/mol. The molecule has 2 heterocycles. The summed E-state index contributed by atoms with van der Waals surface area (Å²) in [5.41, 5.74) is 3.58. The Labute approximate surface area is 177 Å². The summed E-state index contributed by atoms with van der Waals surface area (Å²) in [4.78, 5) is 23.8. The van der Waals surface area contributed by atoms with Crippen molar-refractivity contribution in [3.63, 3.8) is 0 Å². The second-order valence-corrected chi connectivity index (χ2v) is 7.65. The summed E-state index contributed by atoms with van der Waals surface area (Å²) in [7, 11) is 0. The molecule has 0 radical (unpaired) electrons. The Balaban J connectivity index is 1.38. The number of nitrogens with one attached hydrogen (secondary N) is 2. The third kappa shape index (κ3) is 5.35. The van der Waals surface area contributed by atoms with Crippen LogP contribution in [-0.2, 0) is 11.2 Å². The molecule has 3 aromatic rings. The molecule has 0 unspecified atom stereocenters. The van der Waals surface area contributed by atoms with E-state index in [2.05, 4.69) is 20.5 Å². The van der Waals surface area contributed by atoms with Crippen LogP contribution in [0.5, 0.6) is 0 Å². The van der Waals surface area contributed by atoms with Crippen molar-refractivity contribution in [2.24, 2.45) is 0 Å². The molecule has 2 aromatic carbocycles. The molecule has 154 valence electrons. The van der Waals surface area contributed by atoms with Gasteiger partial charge in [0.2, 0.25) is 11.9 Å². The Morgan fingerprint density at radius 3 is 2.37 bits per heavy atom. The third-order valence-electron chi connectivity index (χ3n) is 5.15. The van der Waals surface area contributed by atoms with E-state index in [0.29, 0.717) is 12.4 Å². The van der Waals surface area contributed by atoms with Gasteiger partial charge in [0.15, 0.2) is 0 Å². The molecule has 1 aliphatic heterocycles. The lowest BCUT2D eigenvalue weighted by Crippen LogP contribution is -2.30. The van der Waals surface area contributed by atoms with Gasteiger partial charge in [-0.1, -0.05) is 30.3 Å². The zero-order valence-electron chi connectivity index (χ0n) is 17.3. The van der Waals surface area contributed by atoms with Gasteiger partial charge in [-0.2, -0.15) is 4.98 Å². The fourth-order valence-electron chi connectivity index (χ4n) is 3.65. The van der Waals surface area contributed by atoms with Crippen molar-refractivity contribution in [1.29, 1.82) is 0 Å². The van der Waals surface area contributed by atoms with Crippen LogP contribution in [0.15, 0.2) is 60.7 Å². The number of aryl methyl sites for hydroxylation is 1. The Hall–Kier alpha value is -3.41. The molecule has 0 bridgehead atoms. The molecule has 6 heteroatoms. The fraction of sp³-hybridized carbons (Fsp3) is 0.292. The predicted octanol–water partition coefficient (Wildman–Crippen LogP) is 4.70. The van der Waals surface area contributed by atoms with Crippen LogP contribution in [0.3, 0.4) is 0 Å². The SMILES string of the molecule is Cc1cc(N2CCCCC2)nc(Nc2ccc(NC(=O)Cc3ccccc3)cc2)n1. The Morgan fingerprint density at radius 1 is 0.933 bits per heavy atom. The minimum atomic E-state index is -0.0323. The van der Waals surface area contributed by atoms with Gasteiger partial charge in [0.1, 0.15) is 5.82 Å². The number of anilines is 4. The standard InChI is InChI=1S/C24H27N5O/c1-18-16-22(29-14-6-3-7-15-29)28-24(25-18)27-21-12-10-20(11-13-21)26-23(30)17-19-8-4-2-5-9-19/h2,4-5,8-13,16H,3,6-7,14-15,17H2,1H3,(H,26,30)(H,25,27,28). The van der Waals surface area contributed by atoms with Crippen LogP contribution >= 0.6 is 0 Å². The Bertz CT molecular complexity index is 982. The minimum absolute atomic E-state index is 0.0323. The molecule has 1 fully saturated rings. The summed E-state index contributed by atoms with van der Waals surface area (Å²) in [5.74, 6) is 1.54. The van der Waals surface area contributed by atoms with Gasteiger partial charge in [-0.05, 0) is 56.0 Å². The van der Waals surface area contributed by atoms with E-state index >= 15 is 0 Å². The number of aromatic nitrogens is 2. The summed E-state index contributed by atoms with van der Waals surface area (Å²) in [6.45, 7) is 4.09. The zero-order chi connectivity index (χ0) is 20.8. The quantitative estimate of drug-likeness (QED) is 0.626. The monoisotopic (exact) mass is 401 g/mol. The van der Waals surface area contributed by atoms with E-state index in [1.54, 1.807) is 0 Å². The lowest BCUT2D eigenvalue weighted by Gasteiger charge is -2.28. The molecule has 0 saturated carbocycles. The van der Waals surface area contributed by atoms with E-state index in [4.69, 9.17) is 4.98 Å². The van der Waals surface area contributed by atoms with Crippen LogP contribution in [0, 0.1) is 6.92 Å². The van der Waals surface area contributed by atoms with Crippen molar-refractivity contribution in [3.05, 3.63) is 71.9 Å². The van der Waals surface area contributed by atoms with E-state index in [1.807, 2.05) is 67.6 Å². The largest absolute Gasteiger partial charge is 0.356 e. The predicted molar refractivity (Wildman–Crippen MR) is 121 cm³/mol. The normalized spacial score (nSPS) is 13.7. The molecule has 0 aliphatic carbocycles. The number of nitrogens with zero attached hydrogens (tertiary/aromatic N) is 3. The second-order valence-electron chi connectivity index (χ2n) is 7.65. The van der Waals surface area contributed by atoms with E-state index in [9.17, 15) is 4.79 Å². The second kappa shape index (κ2) is 9.39. The van der Waals surface area contributed by atoms with Crippen molar-refractivity contribution >= 4 is 29.0 Å². The molecular formula is C24H27N5O. The summed E-state index contributed by atoms with van der Waals surface area (Å²) in [5, 5.41) is 6.22. The van der Waals surface area contributed by atoms with Crippen LogP contribution in [0.25, 0.3) is 0 Å². The van der Waals surface area contributed by atoms with Crippen LogP contribution in [0.2, 0.25) is 0 Å². The van der Waals surface area contributed by atoms with E-state index in [1.165, 1.54) is 19.3 Å². The summed E-state index contributed by atoms with van der Waals surface area (Å²) >= 11 is 0. The van der Waals surface area contributed by atoms with Crippen LogP contribution in [0.4, 0.5) is 23.1 Å². The van der Waals surface area contributed by atoms with Gasteiger partial charge in [-0.15, -0.1) is 0 Å². The minimum Gasteiger partial charge on any atom is -0.356 e. The molecule has 1 aliphatic rings. The Kier molecular flexibility index (Phi) is 6.23. The highest BCUT2D eigenvalue weighted by Crippen LogP contribution is 2.22. The summed E-state index contributed by atoms with van der Waals surface area (Å²) in [6, 6.07) is 19.4. The number of hydrogen-bond acceptors (Lipinski definition) is 5. The molecular weight excluding hydrogens is 374 g/mol. The highest BCUT2D eigenvalue weighted by Gasteiger charge is 2.14. The first kappa shape index (κ1) is 19.9. The fourth-order valence-corrected chi connectivity index (χ4v) is 3.65. The first-order valence-electron chi connectivity index (χ1n) is 10.5. The molecule has 2 N–H and O–H groups in total. The van der Waals surface area contributed by atoms with Crippen LogP contribution in [-0.4, -0.2) is 29.0 Å². The van der Waals surface area contributed by atoms with Crippen molar-refractivity contribution in [2.75, 3.05) is 28.6 Å². The van der Waals surface area contributed by atoms with Crippen molar-refractivity contribution in [3.8, 4) is 0 Å². The molecule has 1 amide bonds. The highest BCUT2D eigenvalue weighted by molar-refractivity contribution is 5.92. The first-order valence-corrected chi connectivity index (χ1v) is 10.5. The van der Waals surface area contributed by atoms with Gasteiger partial charge in [0, 0.05) is 36.2 Å². The van der Waals surface area contributed by atoms with E-state index in [0.717, 1.165) is 41.5 Å². The van der Waals surface area contributed by atoms with Gasteiger partial charge in [0.25, 0.3) is 0 Å². The van der Waals surface area contributed by atoms with Gasteiger partial charge in [-0.3, -0.25) is 4.79 Å². The molecule has 0 atom stereocenters. The van der Waals surface area contributed by atoms with Gasteiger partial charge in [0.05, 0.1) is 6.42 Å². The number of rotatable bonds is 6. The molecule has 1 saturated heterocycles. The number of carbonyl (C=O) groups is 1. The van der Waals surface area contributed by atoms with Crippen LogP contribution in [0.1, 0.15) is 30.5 Å². The topological polar surface area (TPSA) is 70.2 Å². The lowest BCUT2D eigenvalue weighted by molar-refractivity contribution is -0.115. The van der Waals surface area contributed by atoms with E-state index in [-0.39, 0.29) is 5.91 Å². The molecule has 30 heavy (non-hydrogen) atoms. The number of benzene rings is 2. The van der Waals surface area contributed by atoms with E-state index < -0.39 is 0 Å². The molecule has 0 spiro atoms. The summed E-state index contributed by atoms with van der Waals surface area (Å²) in [6.07, 6.45) is 4.07. The average Bonchev–Trinajstić information content (AvgIpc) is 2.76. The zero-order valence-corrected chi connectivity index (χ0v) is 17.3. The lowest BCUT2D eigenvalue weighted by atomic mass is 10.1. The number of piperidine rings is 1. The van der Waals surface area contributed by atoms with Crippen molar-refractivity contribution in [1.82, 2.24) is 9.97 Å². The first-order chi connectivity index (χ1) is 14.7. The molecule has 4 rings (SSSR count). The van der Waals surface area contributed by atoms with Gasteiger partial charge >= 0.3 is 0 Å². The number of amides is 1. The van der Waals surface area contributed by atoms with Crippen molar-refractivity contribution in [2.45, 2.75) is 32.6 Å². The van der Waals surface area contributed by atoms with Crippen LogP contribution < -0.4 is 15.5 Å². The third-order valence-corrected chi connectivity index (χ3v) is 5.15. The van der Waals surface area contributed by atoms with Gasteiger partial charge < -0.3 is 15.5 Å². The van der Waals surface area contributed by atoms with Crippen molar-refractivity contribution < 1.29 is 4.79 Å². The maximum atomic E-state index is 12.2. The maximum absolute atomic E-state index is 12.2. The smallest absolute Gasteiger partial charge is 0.229 e. The maximum Gasteiger partial charge on any atom is 0.229 e.